The van der Waals surface area contributed by atoms with E-state index in [-0.39, 0.29) is 11.5 Å². The first-order valence-corrected chi connectivity index (χ1v) is 22.0. The van der Waals surface area contributed by atoms with Crippen LogP contribution in [-0.4, -0.2) is 16.4 Å². The summed E-state index contributed by atoms with van der Waals surface area (Å²) in [4.78, 5) is 5.40. The number of allylic oxidation sites excluding steroid dienone is 2. The summed E-state index contributed by atoms with van der Waals surface area (Å²) in [6, 6.07) is 60.7. The van der Waals surface area contributed by atoms with Crippen molar-refractivity contribution in [1.29, 1.82) is 0 Å². The monoisotopic (exact) mass is 797 g/mol. The van der Waals surface area contributed by atoms with Gasteiger partial charge in [0.05, 0.1) is 22.8 Å². The molecule has 3 heterocycles. The first-order chi connectivity index (χ1) is 30.0. The first-order valence-electron chi connectivity index (χ1n) is 21.2. The Kier molecular flexibility index (Phi) is 7.29. The lowest BCUT2D eigenvalue weighted by Crippen LogP contribution is -2.39. The number of nitrogens with zero attached hydrogens (tertiary/aromatic N) is 2. The Morgan fingerprint density at radius 3 is 2.16 bits per heavy atom. The first kappa shape index (κ1) is 34.6. The average Bonchev–Trinajstić information content (AvgIpc) is 3.93. The van der Waals surface area contributed by atoms with Crippen LogP contribution in [0.4, 0.5) is 0 Å². The van der Waals surface area contributed by atoms with E-state index in [1.807, 2.05) is 11.3 Å². The number of hydrogen-bond donors (Lipinski definition) is 1. The zero-order valence-electron chi connectivity index (χ0n) is 33.8. The molecule has 10 aromatic rings. The summed E-state index contributed by atoms with van der Waals surface area (Å²) < 4.78 is 5.06. The highest BCUT2D eigenvalue weighted by Gasteiger charge is 2.36. The minimum Gasteiger partial charge on any atom is -0.359 e. The summed E-state index contributed by atoms with van der Waals surface area (Å²) in [5.74, 6) is 0.883. The van der Waals surface area contributed by atoms with Crippen LogP contribution >= 0.6 is 11.3 Å². The molecule has 4 heteroatoms. The number of thiophene rings is 1. The molecule has 2 aromatic heterocycles. The van der Waals surface area contributed by atoms with Crippen LogP contribution < -0.4 is 5.32 Å². The number of fused-ring (bicyclic) bond motifs is 12. The Morgan fingerprint density at radius 1 is 0.557 bits per heavy atom. The predicted octanol–water partition coefficient (Wildman–Crippen LogP) is 14.5. The van der Waals surface area contributed by atoms with E-state index in [0.29, 0.717) is 0 Å². The second-order valence-electron chi connectivity index (χ2n) is 17.2. The van der Waals surface area contributed by atoms with Crippen molar-refractivity contribution >= 4 is 75.6 Å². The number of aliphatic imine (C=N–C) groups is 1. The lowest BCUT2D eigenvalue weighted by molar-refractivity contribution is 0.660. The summed E-state index contributed by atoms with van der Waals surface area (Å²) >= 11 is 1.88. The third kappa shape index (κ3) is 5.12. The quantitative estimate of drug-likeness (QED) is 0.189. The Balaban J connectivity index is 0.884. The van der Waals surface area contributed by atoms with Crippen molar-refractivity contribution in [2.24, 2.45) is 4.99 Å². The molecule has 8 aromatic carbocycles. The molecule has 0 saturated heterocycles. The Hall–Kier alpha value is -7.27. The molecule has 1 atom stereocenters. The fraction of sp³-hybridized carbons (Fsp3) is 0.0702. The van der Waals surface area contributed by atoms with Crippen LogP contribution in [0.3, 0.4) is 0 Å². The molecule has 2 aliphatic carbocycles. The Morgan fingerprint density at radius 2 is 1.26 bits per heavy atom. The average molecular weight is 798 g/mol. The van der Waals surface area contributed by atoms with Gasteiger partial charge in [-0.25, -0.2) is 4.99 Å². The summed E-state index contributed by atoms with van der Waals surface area (Å²) in [6.45, 7) is 4.68. The van der Waals surface area contributed by atoms with Gasteiger partial charge in [0.2, 0.25) is 0 Å². The number of rotatable bonds is 4. The van der Waals surface area contributed by atoms with Gasteiger partial charge in [0.1, 0.15) is 5.84 Å². The van der Waals surface area contributed by atoms with Crippen LogP contribution in [0.25, 0.3) is 86.4 Å². The number of amidine groups is 1. The van der Waals surface area contributed by atoms with E-state index in [0.717, 1.165) is 28.3 Å². The maximum Gasteiger partial charge on any atom is 0.134 e. The van der Waals surface area contributed by atoms with Gasteiger partial charge in [-0.05, 0) is 111 Å². The van der Waals surface area contributed by atoms with Gasteiger partial charge in [-0.3, -0.25) is 0 Å². The zero-order chi connectivity index (χ0) is 40.4. The molecule has 0 fully saturated rings. The van der Waals surface area contributed by atoms with E-state index < -0.39 is 0 Å². The molecule has 0 spiro atoms. The van der Waals surface area contributed by atoms with E-state index in [1.54, 1.807) is 0 Å². The molecule has 288 valence electrons. The number of nitrogens with one attached hydrogen (secondary N) is 1. The largest absolute Gasteiger partial charge is 0.359 e. The van der Waals surface area contributed by atoms with E-state index >= 15 is 0 Å². The lowest BCUT2D eigenvalue weighted by Gasteiger charge is -2.29. The highest BCUT2D eigenvalue weighted by Crippen LogP contribution is 2.50. The number of para-hydroxylation sites is 1. The fourth-order valence-corrected chi connectivity index (χ4v) is 11.5. The minimum absolute atomic E-state index is 0.0377. The van der Waals surface area contributed by atoms with Gasteiger partial charge in [0.25, 0.3) is 0 Å². The third-order valence-corrected chi connectivity index (χ3v) is 14.6. The van der Waals surface area contributed by atoms with Crippen LogP contribution in [0, 0.1) is 0 Å². The molecule has 3 nitrogen and oxygen atoms in total. The fourth-order valence-electron chi connectivity index (χ4n) is 10.4. The van der Waals surface area contributed by atoms with Crippen molar-refractivity contribution < 1.29 is 0 Å². The molecule has 0 amide bonds. The molecular weight excluding hydrogens is 759 g/mol. The molecule has 3 aliphatic rings. The zero-order valence-corrected chi connectivity index (χ0v) is 34.6. The summed E-state index contributed by atoms with van der Waals surface area (Å²) in [6.07, 6.45) is 8.70. The maximum absolute atomic E-state index is 5.40. The van der Waals surface area contributed by atoms with E-state index in [1.165, 1.54) is 91.7 Å². The highest BCUT2D eigenvalue weighted by molar-refractivity contribution is 7.26. The normalized spacial score (nSPS) is 16.4. The second kappa shape index (κ2) is 12.9. The van der Waals surface area contributed by atoms with Crippen LogP contribution in [-0.2, 0) is 5.41 Å². The number of hydrogen-bond acceptors (Lipinski definition) is 3. The van der Waals surface area contributed by atoms with Gasteiger partial charge < -0.3 is 9.88 Å². The summed E-state index contributed by atoms with van der Waals surface area (Å²) in [7, 11) is 0. The number of aromatic nitrogens is 1. The van der Waals surface area contributed by atoms with Crippen LogP contribution in [0.5, 0.6) is 0 Å². The van der Waals surface area contributed by atoms with Crippen LogP contribution in [0.2, 0.25) is 0 Å². The van der Waals surface area contributed by atoms with E-state index in [2.05, 4.69) is 212 Å². The van der Waals surface area contributed by atoms with Crippen molar-refractivity contribution in [3.8, 4) is 27.9 Å². The minimum atomic E-state index is -0.0814. The molecule has 0 radical (unpaired) electrons. The molecule has 61 heavy (non-hydrogen) atoms. The molecule has 1 N–H and O–H groups in total. The Bertz CT molecular complexity index is 3640. The molecule has 0 bridgehead atoms. The lowest BCUT2D eigenvalue weighted by atomic mass is 9.81. The van der Waals surface area contributed by atoms with E-state index in [4.69, 9.17) is 4.99 Å². The SMILES string of the molecule is CC1(C)c2ccccc2-c2ccc(C3=C4C=CC=CC4NC(c4ccc(-n5c6ccccc6c6cc(-c7ccc8sc9ccc%10ccccc%10c9c8c7)ccc65)cc4)=N3)cc21. The van der Waals surface area contributed by atoms with Crippen molar-refractivity contribution in [3.05, 3.63) is 216 Å². The van der Waals surface area contributed by atoms with Crippen LogP contribution in [0.15, 0.2) is 199 Å². The van der Waals surface area contributed by atoms with Gasteiger partial charge >= 0.3 is 0 Å². The van der Waals surface area contributed by atoms with Crippen LogP contribution in [0.1, 0.15) is 36.1 Å². The van der Waals surface area contributed by atoms with Crippen molar-refractivity contribution in [2.45, 2.75) is 25.3 Å². The molecule has 1 unspecified atom stereocenters. The standard InChI is InChI=1S/C57H39N3S/c1-57(2)47-16-8-5-13-41(47)42-27-21-38(33-48(42)57)55-44-15-6-9-17-49(44)58-56(59-55)35-19-25-39(26-20-35)60-50-18-10-7-14-43(50)45-31-36(22-28-51(45)60)37-24-29-52-46(32-37)54-40-12-4-3-11-34(40)23-30-53(54)61-52/h3-33,49H,1-2H3,(H,58,59). The van der Waals surface area contributed by atoms with Crippen molar-refractivity contribution in [1.82, 2.24) is 9.88 Å². The second-order valence-corrected chi connectivity index (χ2v) is 18.2. The molecule has 13 rings (SSSR count). The number of benzene rings is 8. The van der Waals surface area contributed by atoms with Gasteiger partial charge in [-0.1, -0.05) is 135 Å². The predicted molar refractivity (Wildman–Crippen MR) is 259 cm³/mol. The molecule has 1 aliphatic heterocycles. The maximum atomic E-state index is 5.40. The molecule has 0 saturated carbocycles. The Labute approximate surface area is 358 Å². The van der Waals surface area contributed by atoms with E-state index in [9.17, 15) is 0 Å². The summed E-state index contributed by atoms with van der Waals surface area (Å²) in [5.41, 5.74) is 15.7. The van der Waals surface area contributed by atoms with Gasteiger partial charge in [0.15, 0.2) is 0 Å². The topological polar surface area (TPSA) is 29.3 Å². The highest BCUT2D eigenvalue weighted by atomic mass is 32.1. The van der Waals surface area contributed by atoms with Crippen molar-refractivity contribution in [2.75, 3.05) is 0 Å². The van der Waals surface area contributed by atoms with Gasteiger partial charge in [-0.2, -0.15) is 0 Å². The smallest absolute Gasteiger partial charge is 0.134 e. The van der Waals surface area contributed by atoms with Gasteiger partial charge in [-0.15, -0.1) is 11.3 Å². The third-order valence-electron chi connectivity index (χ3n) is 13.4. The van der Waals surface area contributed by atoms with Gasteiger partial charge in [0, 0.05) is 58.7 Å². The van der Waals surface area contributed by atoms with Crippen molar-refractivity contribution in [3.63, 3.8) is 0 Å². The summed E-state index contributed by atoms with van der Waals surface area (Å²) in [5, 5.41) is 11.5. The molecular formula is C57H39N3S.